The normalized spacial score (nSPS) is 10.1. The number of amides is 1. The van der Waals surface area contributed by atoms with Crippen LogP contribution in [0.15, 0.2) is 18.5 Å². The summed E-state index contributed by atoms with van der Waals surface area (Å²) in [6.45, 7) is 2.14. The fourth-order valence-corrected chi connectivity index (χ4v) is 1.18. The SMILES string of the molecule is Cc1nccc(CNC(=O)c2cn[nH]n2)n1. The summed E-state index contributed by atoms with van der Waals surface area (Å²) in [5.41, 5.74) is 1.01. The molecule has 2 rings (SSSR count). The van der Waals surface area contributed by atoms with Gasteiger partial charge in [0.1, 0.15) is 5.82 Å². The van der Waals surface area contributed by atoms with Gasteiger partial charge in [-0.1, -0.05) is 0 Å². The number of hydrogen-bond acceptors (Lipinski definition) is 5. The molecule has 2 aromatic heterocycles. The summed E-state index contributed by atoms with van der Waals surface area (Å²) < 4.78 is 0. The Hall–Kier alpha value is -2.31. The minimum atomic E-state index is -0.287. The Balaban J connectivity index is 1.95. The van der Waals surface area contributed by atoms with Gasteiger partial charge in [0.2, 0.25) is 0 Å². The van der Waals surface area contributed by atoms with Crippen molar-refractivity contribution in [2.45, 2.75) is 13.5 Å². The molecule has 2 heterocycles. The third-order valence-corrected chi connectivity index (χ3v) is 1.91. The molecule has 7 heteroatoms. The molecule has 0 saturated heterocycles. The number of nitrogens with one attached hydrogen (secondary N) is 2. The van der Waals surface area contributed by atoms with E-state index in [1.165, 1.54) is 6.20 Å². The zero-order valence-corrected chi connectivity index (χ0v) is 8.64. The number of H-pyrrole nitrogens is 1. The Kier molecular flexibility index (Phi) is 2.86. The molecule has 2 aromatic rings. The van der Waals surface area contributed by atoms with Gasteiger partial charge in [0, 0.05) is 6.20 Å². The van der Waals surface area contributed by atoms with Crippen LogP contribution in [0.4, 0.5) is 0 Å². The third-order valence-electron chi connectivity index (χ3n) is 1.91. The minimum absolute atomic E-state index is 0.255. The van der Waals surface area contributed by atoms with E-state index >= 15 is 0 Å². The first-order chi connectivity index (χ1) is 7.75. The summed E-state index contributed by atoms with van der Waals surface area (Å²) in [4.78, 5) is 19.6. The lowest BCUT2D eigenvalue weighted by Crippen LogP contribution is -2.23. The number of aromatic nitrogens is 5. The average molecular weight is 218 g/mol. The Morgan fingerprint density at radius 1 is 1.56 bits per heavy atom. The van der Waals surface area contributed by atoms with Crippen LogP contribution in [0.1, 0.15) is 22.0 Å². The summed E-state index contributed by atoms with van der Waals surface area (Å²) in [5.74, 6) is 0.387. The lowest BCUT2D eigenvalue weighted by atomic mass is 10.3. The van der Waals surface area contributed by atoms with E-state index in [0.29, 0.717) is 12.4 Å². The minimum Gasteiger partial charge on any atom is -0.345 e. The lowest BCUT2D eigenvalue weighted by Gasteiger charge is -2.02. The quantitative estimate of drug-likeness (QED) is 0.745. The highest BCUT2D eigenvalue weighted by Gasteiger charge is 2.07. The van der Waals surface area contributed by atoms with Gasteiger partial charge < -0.3 is 5.32 Å². The topological polar surface area (TPSA) is 96.5 Å². The molecule has 0 spiro atoms. The molecule has 0 bridgehead atoms. The highest BCUT2D eigenvalue weighted by molar-refractivity contribution is 5.91. The van der Waals surface area contributed by atoms with Crippen LogP contribution >= 0.6 is 0 Å². The van der Waals surface area contributed by atoms with E-state index in [1.54, 1.807) is 19.2 Å². The van der Waals surface area contributed by atoms with Gasteiger partial charge in [-0.25, -0.2) is 9.97 Å². The second kappa shape index (κ2) is 4.47. The summed E-state index contributed by atoms with van der Waals surface area (Å²) in [5, 5.41) is 12.3. The van der Waals surface area contributed by atoms with Crippen molar-refractivity contribution in [3.8, 4) is 0 Å². The van der Waals surface area contributed by atoms with E-state index in [2.05, 4.69) is 30.7 Å². The molecule has 16 heavy (non-hydrogen) atoms. The fraction of sp³-hybridized carbons (Fsp3) is 0.222. The van der Waals surface area contributed by atoms with Crippen molar-refractivity contribution in [2.75, 3.05) is 0 Å². The predicted octanol–water partition coefficient (Wildman–Crippen LogP) is -0.167. The van der Waals surface area contributed by atoms with Gasteiger partial charge in [0.15, 0.2) is 5.69 Å². The van der Waals surface area contributed by atoms with E-state index < -0.39 is 0 Å². The van der Waals surface area contributed by atoms with E-state index in [4.69, 9.17) is 0 Å². The van der Waals surface area contributed by atoms with Crippen LogP contribution in [-0.2, 0) is 6.54 Å². The molecule has 0 radical (unpaired) electrons. The summed E-state index contributed by atoms with van der Waals surface area (Å²) in [7, 11) is 0. The fourth-order valence-electron chi connectivity index (χ4n) is 1.18. The number of carbonyl (C=O) groups excluding carboxylic acids is 1. The third kappa shape index (κ3) is 2.38. The Morgan fingerprint density at radius 3 is 3.12 bits per heavy atom. The monoisotopic (exact) mass is 218 g/mol. The molecule has 0 unspecified atom stereocenters. The van der Waals surface area contributed by atoms with E-state index in [0.717, 1.165) is 5.69 Å². The second-order valence-electron chi connectivity index (χ2n) is 3.13. The number of rotatable bonds is 3. The molecule has 0 fully saturated rings. The first kappa shape index (κ1) is 10.2. The van der Waals surface area contributed by atoms with E-state index in [-0.39, 0.29) is 11.6 Å². The number of aryl methyl sites for hydroxylation is 1. The standard InChI is InChI=1S/C9H10N6O/c1-6-10-3-2-7(13-6)4-11-9(16)8-5-12-15-14-8/h2-3,5H,4H2,1H3,(H,11,16)(H,12,14,15). The number of hydrogen-bond donors (Lipinski definition) is 2. The average Bonchev–Trinajstić information content (AvgIpc) is 2.79. The highest BCUT2D eigenvalue weighted by Crippen LogP contribution is 1.95. The van der Waals surface area contributed by atoms with Crippen LogP contribution in [0.2, 0.25) is 0 Å². The number of nitrogens with zero attached hydrogens (tertiary/aromatic N) is 4. The molecular weight excluding hydrogens is 208 g/mol. The maximum atomic E-state index is 11.5. The Morgan fingerprint density at radius 2 is 2.44 bits per heavy atom. The molecule has 2 N–H and O–H groups in total. The number of aromatic amines is 1. The maximum Gasteiger partial charge on any atom is 0.273 e. The largest absolute Gasteiger partial charge is 0.345 e. The number of carbonyl (C=O) groups is 1. The molecule has 0 saturated carbocycles. The van der Waals surface area contributed by atoms with Crippen molar-refractivity contribution in [3.05, 3.63) is 35.7 Å². The van der Waals surface area contributed by atoms with Gasteiger partial charge in [-0.05, 0) is 13.0 Å². The van der Waals surface area contributed by atoms with E-state index in [1.807, 2.05) is 0 Å². The van der Waals surface area contributed by atoms with Crippen LogP contribution in [-0.4, -0.2) is 31.3 Å². The molecule has 0 aliphatic rings. The first-order valence-corrected chi connectivity index (χ1v) is 4.68. The van der Waals surface area contributed by atoms with Crippen molar-refractivity contribution in [2.24, 2.45) is 0 Å². The van der Waals surface area contributed by atoms with Crippen molar-refractivity contribution >= 4 is 5.91 Å². The molecule has 0 aliphatic carbocycles. The lowest BCUT2D eigenvalue weighted by molar-refractivity contribution is 0.0945. The van der Waals surface area contributed by atoms with Gasteiger partial charge >= 0.3 is 0 Å². The van der Waals surface area contributed by atoms with Gasteiger partial charge in [-0.3, -0.25) is 4.79 Å². The van der Waals surface area contributed by atoms with Gasteiger partial charge in [0.25, 0.3) is 5.91 Å². The van der Waals surface area contributed by atoms with Crippen LogP contribution in [0.5, 0.6) is 0 Å². The van der Waals surface area contributed by atoms with Gasteiger partial charge in [-0.15, -0.1) is 0 Å². The second-order valence-corrected chi connectivity index (χ2v) is 3.13. The Bertz CT molecular complexity index is 481. The zero-order valence-electron chi connectivity index (χ0n) is 8.64. The van der Waals surface area contributed by atoms with Crippen LogP contribution in [0, 0.1) is 6.92 Å². The van der Waals surface area contributed by atoms with Crippen molar-refractivity contribution in [1.82, 2.24) is 30.7 Å². The molecular formula is C9H10N6O. The van der Waals surface area contributed by atoms with Gasteiger partial charge in [0.05, 0.1) is 18.4 Å². The molecule has 0 aromatic carbocycles. The smallest absolute Gasteiger partial charge is 0.273 e. The summed E-state index contributed by atoms with van der Waals surface area (Å²) in [6.07, 6.45) is 3.01. The zero-order chi connectivity index (χ0) is 11.4. The van der Waals surface area contributed by atoms with Crippen LogP contribution in [0.3, 0.4) is 0 Å². The molecule has 0 atom stereocenters. The highest BCUT2D eigenvalue weighted by atomic mass is 16.1. The predicted molar refractivity (Wildman–Crippen MR) is 54.3 cm³/mol. The summed E-state index contributed by atoms with van der Waals surface area (Å²) >= 11 is 0. The van der Waals surface area contributed by atoms with Crippen LogP contribution < -0.4 is 5.32 Å². The molecule has 7 nitrogen and oxygen atoms in total. The molecule has 1 amide bonds. The van der Waals surface area contributed by atoms with Crippen molar-refractivity contribution in [3.63, 3.8) is 0 Å². The molecule has 82 valence electrons. The molecule has 0 aliphatic heterocycles. The Labute approximate surface area is 91.3 Å². The van der Waals surface area contributed by atoms with Crippen molar-refractivity contribution < 1.29 is 4.79 Å². The van der Waals surface area contributed by atoms with Crippen molar-refractivity contribution in [1.29, 1.82) is 0 Å². The van der Waals surface area contributed by atoms with Crippen LogP contribution in [0.25, 0.3) is 0 Å². The van der Waals surface area contributed by atoms with E-state index in [9.17, 15) is 4.79 Å². The van der Waals surface area contributed by atoms with Gasteiger partial charge in [-0.2, -0.15) is 15.4 Å². The first-order valence-electron chi connectivity index (χ1n) is 4.68. The summed E-state index contributed by atoms with van der Waals surface area (Å²) in [6, 6.07) is 1.75. The maximum absolute atomic E-state index is 11.5.